The van der Waals surface area contributed by atoms with Crippen molar-refractivity contribution in [3.8, 4) is 0 Å². The largest absolute Gasteiger partial charge is 0.390 e. The summed E-state index contributed by atoms with van der Waals surface area (Å²) in [6.45, 7) is 7.30. The molecule has 2 aliphatic rings. The van der Waals surface area contributed by atoms with E-state index in [9.17, 15) is 5.11 Å². The monoisotopic (exact) mass is 277 g/mol. The fraction of sp³-hybridized carbons (Fsp3) is 0.667. The number of aryl methyl sites for hydroxylation is 1. The van der Waals surface area contributed by atoms with E-state index in [1.165, 1.54) is 5.56 Å². The number of aliphatic hydroxyl groups is 1. The van der Waals surface area contributed by atoms with Gasteiger partial charge in [0.1, 0.15) is 11.6 Å². The molecule has 110 valence electrons. The number of pyridine rings is 1. The molecule has 1 aliphatic heterocycles. The summed E-state index contributed by atoms with van der Waals surface area (Å²) in [5.74, 6) is 1.92. The summed E-state index contributed by atoms with van der Waals surface area (Å²) in [5.41, 5.74) is 0.698. The standard InChI is InChI=1S/C15H23N3O2/c1-11-7-13(16-12-9-15(2,19)10-12)17-14(8-11)18-3-5-20-6-4-18/h7-8,12,19H,3-6,9-10H2,1-2H3,(H,16,17)/t12-,15-. The lowest BCUT2D eigenvalue weighted by atomic mass is 9.77. The molecule has 20 heavy (non-hydrogen) atoms. The number of hydrogen-bond acceptors (Lipinski definition) is 5. The molecular weight excluding hydrogens is 254 g/mol. The average molecular weight is 277 g/mol. The van der Waals surface area contributed by atoms with Crippen LogP contribution in [0, 0.1) is 6.92 Å². The molecule has 0 amide bonds. The van der Waals surface area contributed by atoms with Crippen molar-refractivity contribution in [2.24, 2.45) is 0 Å². The van der Waals surface area contributed by atoms with Gasteiger partial charge in [0.2, 0.25) is 0 Å². The summed E-state index contributed by atoms with van der Waals surface area (Å²) in [7, 11) is 0. The lowest BCUT2D eigenvalue weighted by Gasteiger charge is -2.41. The average Bonchev–Trinajstić information content (AvgIpc) is 2.37. The zero-order chi connectivity index (χ0) is 14.2. The molecule has 0 spiro atoms. The maximum absolute atomic E-state index is 9.79. The molecule has 0 aromatic carbocycles. The minimum atomic E-state index is -0.505. The topological polar surface area (TPSA) is 57.6 Å². The molecule has 5 heteroatoms. The first-order chi connectivity index (χ1) is 9.52. The van der Waals surface area contributed by atoms with E-state index in [1.54, 1.807) is 0 Å². The van der Waals surface area contributed by atoms with Crippen LogP contribution in [0.3, 0.4) is 0 Å². The van der Waals surface area contributed by atoms with E-state index in [-0.39, 0.29) is 0 Å². The fourth-order valence-corrected chi connectivity index (χ4v) is 2.99. The number of ether oxygens (including phenoxy) is 1. The molecule has 0 radical (unpaired) electrons. The van der Waals surface area contributed by atoms with Gasteiger partial charge in [-0.1, -0.05) is 0 Å². The first-order valence-corrected chi connectivity index (χ1v) is 7.32. The van der Waals surface area contributed by atoms with E-state index in [4.69, 9.17) is 9.72 Å². The van der Waals surface area contributed by atoms with E-state index in [0.29, 0.717) is 6.04 Å². The Hall–Kier alpha value is -1.33. The maximum Gasteiger partial charge on any atom is 0.131 e. The summed E-state index contributed by atoms with van der Waals surface area (Å²) in [4.78, 5) is 6.97. The van der Waals surface area contributed by atoms with Crippen LogP contribution in [0.15, 0.2) is 12.1 Å². The Morgan fingerprint density at radius 1 is 1.35 bits per heavy atom. The van der Waals surface area contributed by atoms with Crippen LogP contribution in [-0.2, 0) is 4.74 Å². The van der Waals surface area contributed by atoms with Crippen LogP contribution < -0.4 is 10.2 Å². The van der Waals surface area contributed by atoms with Crippen molar-refractivity contribution in [1.82, 2.24) is 4.98 Å². The highest BCUT2D eigenvalue weighted by Crippen LogP contribution is 2.33. The number of rotatable bonds is 3. The van der Waals surface area contributed by atoms with Crippen molar-refractivity contribution in [3.63, 3.8) is 0 Å². The lowest BCUT2D eigenvalue weighted by Crippen LogP contribution is -2.48. The Morgan fingerprint density at radius 3 is 2.70 bits per heavy atom. The molecule has 1 saturated carbocycles. The number of morpholine rings is 1. The summed E-state index contributed by atoms with van der Waals surface area (Å²) in [6.07, 6.45) is 1.57. The van der Waals surface area contributed by atoms with Gasteiger partial charge >= 0.3 is 0 Å². The summed E-state index contributed by atoms with van der Waals surface area (Å²) >= 11 is 0. The van der Waals surface area contributed by atoms with E-state index < -0.39 is 5.60 Å². The molecule has 3 rings (SSSR count). The van der Waals surface area contributed by atoms with Gasteiger partial charge in [0.05, 0.1) is 18.8 Å². The van der Waals surface area contributed by atoms with Crippen LogP contribution in [-0.4, -0.2) is 48.0 Å². The van der Waals surface area contributed by atoms with E-state index >= 15 is 0 Å². The Balaban J connectivity index is 1.70. The molecule has 1 saturated heterocycles. The van der Waals surface area contributed by atoms with Crippen molar-refractivity contribution in [2.75, 3.05) is 36.5 Å². The SMILES string of the molecule is Cc1cc(N[C@H]2C[C@](C)(O)C2)nc(N2CCOCC2)c1. The molecule has 5 nitrogen and oxygen atoms in total. The highest BCUT2D eigenvalue weighted by molar-refractivity contribution is 5.51. The van der Waals surface area contributed by atoms with Gasteiger partial charge in [-0.2, -0.15) is 0 Å². The number of nitrogens with zero attached hydrogens (tertiary/aromatic N) is 2. The van der Waals surface area contributed by atoms with E-state index in [1.807, 2.05) is 6.92 Å². The van der Waals surface area contributed by atoms with Gasteiger partial charge in [0.25, 0.3) is 0 Å². The van der Waals surface area contributed by atoms with Crippen LogP contribution in [0.4, 0.5) is 11.6 Å². The number of aromatic nitrogens is 1. The van der Waals surface area contributed by atoms with Gasteiger partial charge in [0.15, 0.2) is 0 Å². The van der Waals surface area contributed by atoms with Gasteiger partial charge in [-0.15, -0.1) is 0 Å². The molecule has 0 unspecified atom stereocenters. The number of anilines is 2. The van der Waals surface area contributed by atoms with Crippen LogP contribution >= 0.6 is 0 Å². The lowest BCUT2D eigenvalue weighted by molar-refractivity contribution is -0.0235. The van der Waals surface area contributed by atoms with E-state index in [2.05, 4.69) is 29.3 Å². The number of nitrogens with one attached hydrogen (secondary N) is 1. The summed E-state index contributed by atoms with van der Waals surface area (Å²) in [6, 6.07) is 4.52. The van der Waals surface area contributed by atoms with Gasteiger partial charge in [0, 0.05) is 19.1 Å². The third-order valence-electron chi connectivity index (χ3n) is 4.02. The molecule has 1 aliphatic carbocycles. The van der Waals surface area contributed by atoms with Crippen LogP contribution in [0.25, 0.3) is 0 Å². The van der Waals surface area contributed by atoms with Crippen molar-refractivity contribution in [2.45, 2.75) is 38.3 Å². The second-order valence-electron chi connectivity index (χ2n) is 6.23. The molecule has 2 heterocycles. The predicted octanol–water partition coefficient (Wildman–Crippen LogP) is 1.55. The van der Waals surface area contributed by atoms with Crippen molar-refractivity contribution >= 4 is 11.6 Å². The minimum absolute atomic E-state index is 0.330. The molecule has 2 N–H and O–H groups in total. The van der Waals surface area contributed by atoms with E-state index in [0.717, 1.165) is 50.8 Å². The van der Waals surface area contributed by atoms with Crippen LogP contribution in [0.1, 0.15) is 25.3 Å². The highest BCUT2D eigenvalue weighted by Gasteiger charge is 2.38. The second kappa shape index (κ2) is 5.22. The molecule has 1 aromatic rings. The Labute approximate surface area is 120 Å². The fourth-order valence-electron chi connectivity index (χ4n) is 2.99. The molecule has 0 atom stereocenters. The Morgan fingerprint density at radius 2 is 2.05 bits per heavy atom. The summed E-state index contributed by atoms with van der Waals surface area (Å²) in [5, 5.41) is 13.2. The second-order valence-corrected chi connectivity index (χ2v) is 6.23. The molecule has 1 aromatic heterocycles. The normalized spacial score (nSPS) is 29.9. The van der Waals surface area contributed by atoms with Gasteiger partial charge in [-0.3, -0.25) is 0 Å². The van der Waals surface area contributed by atoms with Gasteiger partial charge in [-0.05, 0) is 44.4 Å². The van der Waals surface area contributed by atoms with Crippen LogP contribution in [0.2, 0.25) is 0 Å². The summed E-state index contributed by atoms with van der Waals surface area (Å²) < 4.78 is 5.38. The first kappa shape index (κ1) is 13.6. The van der Waals surface area contributed by atoms with Crippen molar-refractivity contribution < 1.29 is 9.84 Å². The minimum Gasteiger partial charge on any atom is -0.390 e. The third-order valence-corrected chi connectivity index (χ3v) is 4.02. The zero-order valence-electron chi connectivity index (χ0n) is 12.2. The third kappa shape index (κ3) is 3.04. The first-order valence-electron chi connectivity index (χ1n) is 7.32. The zero-order valence-corrected chi connectivity index (χ0v) is 12.2. The maximum atomic E-state index is 9.79. The van der Waals surface area contributed by atoms with Gasteiger partial charge in [-0.25, -0.2) is 4.98 Å². The van der Waals surface area contributed by atoms with Crippen molar-refractivity contribution in [1.29, 1.82) is 0 Å². The smallest absolute Gasteiger partial charge is 0.131 e. The number of hydrogen-bond donors (Lipinski definition) is 2. The van der Waals surface area contributed by atoms with Gasteiger partial charge < -0.3 is 20.1 Å². The molecular formula is C15H23N3O2. The van der Waals surface area contributed by atoms with Crippen molar-refractivity contribution in [3.05, 3.63) is 17.7 Å². The highest BCUT2D eigenvalue weighted by atomic mass is 16.5. The molecule has 0 bridgehead atoms. The van der Waals surface area contributed by atoms with Crippen LogP contribution in [0.5, 0.6) is 0 Å². The quantitative estimate of drug-likeness (QED) is 0.878. The Bertz CT molecular complexity index is 476. The molecule has 2 fully saturated rings. The Kier molecular flexibility index (Phi) is 3.56. The predicted molar refractivity (Wildman–Crippen MR) is 79.3 cm³/mol.